The summed E-state index contributed by atoms with van der Waals surface area (Å²) in [4.78, 5) is 22.4. The molecule has 0 heterocycles. The van der Waals surface area contributed by atoms with Gasteiger partial charge in [0, 0.05) is 12.1 Å². The Bertz CT molecular complexity index is 751. The lowest BCUT2D eigenvalue weighted by atomic mass is 10.1. The van der Waals surface area contributed by atoms with E-state index in [0.717, 1.165) is 0 Å². The van der Waals surface area contributed by atoms with E-state index in [2.05, 4.69) is 4.74 Å². The molecule has 0 N–H and O–H groups in total. The van der Waals surface area contributed by atoms with Crippen molar-refractivity contribution in [1.82, 2.24) is 0 Å². The van der Waals surface area contributed by atoms with E-state index in [1.807, 2.05) is 0 Å². The van der Waals surface area contributed by atoms with Gasteiger partial charge in [-0.2, -0.15) is 8.78 Å². The van der Waals surface area contributed by atoms with Crippen molar-refractivity contribution in [1.29, 1.82) is 0 Å². The minimum absolute atomic E-state index is 0.142. The van der Waals surface area contributed by atoms with Crippen LogP contribution in [0.4, 0.5) is 14.5 Å². The number of nitrogens with zero attached hydrogens (tertiary/aromatic N) is 1. The Morgan fingerprint density at radius 2 is 1.88 bits per heavy atom. The maximum absolute atomic E-state index is 12.4. The van der Waals surface area contributed by atoms with E-state index in [9.17, 15) is 23.7 Å². The third-order valence-corrected chi connectivity index (χ3v) is 3.16. The molecule has 0 unspecified atom stereocenters. The number of nitro benzene ring substituents is 1. The van der Waals surface area contributed by atoms with Crippen LogP contribution in [0.2, 0.25) is 0 Å². The predicted molar refractivity (Wildman–Crippen MR) is 80.0 cm³/mol. The number of ether oxygens (including phenoxy) is 2. The molecule has 0 aromatic heterocycles. The number of carbonyl (C=O) groups excluding carboxylic acids is 1. The SMILES string of the molecule is C[C@@H](OC(=O)c1ccccc1OC(F)F)c1cccc([N+](=O)[O-])c1. The molecule has 0 saturated heterocycles. The molecule has 0 radical (unpaired) electrons. The third kappa shape index (κ3) is 4.25. The molecule has 8 heteroatoms. The van der Waals surface area contributed by atoms with Crippen LogP contribution in [0.5, 0.6) is 5.75 Å². The van der Waals surface area contributed by atoms with Crippen LogP contribution >= 0.6 is 0 Å². The zero-order chi connectivity index (χ0) is 17.7. The zero-order valence-electron chi connectivity index (χ0n) is 12.5. The summed E-state index contributed by atoms with van der Waals surface area (Å²) in [6.45, 7) is -1.55. The summed E-state index contributed by atoms with van der Waals surface area (Å²) in [7, 11) is 0. The summed E-state index contributed by atoms with van der Waals surface area (Å²) in [6, 6.07) is 11.0. The summed E-state index contributed by atoms with van der Waals surface area (Å²) in [5.74, 6) is -1.17. The number of halogens is 2. The van der Waals surface area contributed by atoms with Crippen LogP contribution in [0.15, 0.2) is 48.5 Å². The Morgan fingerprint density at radius 1 is 1.17 bits per heavy atom. The minimum Gasteiger partial charge on any atom is -0.454 e. The number of para-hydroxylation sites is 1. The van der Waals surface area contributed by atoms with Crippen molar-refractivity contribution in [3.8, 4) is 5.75 Å². The number of non-ortho nitro benzene ring substituents is 1. The topological polar surface area (TPSA) is 78.7 Å². The van der Waals surface area contributed by atoms with E-state index in [0.29, 0.717) is 5.56 Å². The first kappa shape index (κ1) is 17.3. The fraction of sp³-hybridized carbons (Fsp3) is 0.188. The Labute approximate surface area is 135 Å². The number of nitro groups is 1. The second kappa shape index (κ2) is 7.49. The van der Waals surface area contributed by atoms with E-state index >= 15 is 0 Å². The van der Waals surface area contributed by atoms with Gasteiger partial charge in [0.05, 0.1) is 4.92 Å². The monoisotopic (exact) mass is 337 g/mol. The first-order valence-corrected chi connectivity index (χ1v) is 6.87. The molecule has 2 aromatic rings. The molecule has 0 amide bonds. The van der Waals surface area contributed by atoms with E-state index in [1.54, 1.807) is 6.07 Å². The number of rotatable bonds is 6. The van der Waals surface area contributed by atoms with Crippen molar-refractivity contribution in [2.24, 2.45) is 0 Å². The molecular weight excluding hydrogens is 324 g/mol. The minimum atomic E-state index is -3.08. The molecule has 0 aliphatic carbocycles. The molecule has 24 heavy (non-hydrogen) atoms. The maximum Gasteiger partial charge on any atom is 0.387 e. The van der Waals surface area contributed by atoms with Crippen LogP contribution in [0.25, 0.3) is 0 Å². The van der Waals surface area contributed by atoms with Gasteiger partial charge in [-0.25, -0.2) is 4.79 Å². The lowest BCUT2D eigenvalue weighted by Gasteiger charge is -2.15. The number of carbonyl (C=O) groups is 1. The van der Waals surface area contributed by atoms with Crippen molar-refractivity contribution in [2.75, 3.05) is 0 Å². The highest BCUT2D eigenvalue weighted by Crippen LogP contribution is 2.26. The smallest absolute Gasteiger partial charge is 0.387 e. The summed E-state index contributed by atoms with van der Waals surface area (Å²) in [5, 5.41) is 10.8. The van der Waals surface area contributed by atoms with Crippen molar-refractivity contribution >= 4 is 11.7 Å². The van der Waals surface area contributed by atoms with E-state index < -0.39 is 23.6 Å². The van der Waals surface area contributed by atoms with Gasteiger partial charge >= 0.3 is 12.6 Å². The Hall–Kier alpha value is -3.03. The maximum atomic E-state index is 12.4. The summed E-state index contributed by atoms with van der Waals surface area (Å²) < 4.78 is 34.2. The second-order valence-electron chi connectivity index (χ2n) is 4.77. The normalized spacial score (nSPS) is 11.8. The summed E-state index contributed by atoms with van der Waals surface area (Å²) >= 11 is 0. The van der Waals surface area contributed by atoms with Crippen molar-refractivity contribution in [3.63, 3.8) is 0 Å². The molecule has 0 bridgehead atoms. The summed E-state index contributed by atoms with van der Waals surface area (Å²) in [5.41, 5.74) is 0.108. The molecule has 0 saturated carbocycles. The van der Waals surface area contributed by atoms with Gasteiger partial charge in [0.15, 0.2) is 0 Å². The molecule has 0 spiro atoms. The molecule has 2 rings (SSSR count). The number of hydrogen-bond acceptors (Lipinski definition) is 5. The first-order valence-electron chi connectivity index (χ1n) is 6.87. The van der Waals surface area contributed by atoms with Crippen molar-refractivity contribution in [2.45, 2.75) is 19.6 Å². The highest BCUT2D eigenvalue weighted by Gasteiger charge is 2.20. The van der Waals surface area contributed by atoms with E-state index in [4.69, 9.17) is 4.74 Å². The quantitative estimate of drug-likeness (QED) is 0.450. The molecular formula is C16H13F2NO5. The number of alkyl halides is 2. The Morgan fingerprint density at radius 3 is 2.54 bits per heavy atom. The van der Waals surface area contributed by atoms with Crippen LogP contribution < -0.4 is 4.74 Å². The largest absolute Gasteiger partial charge is 0.454 e. The van der Waals surface area contributed by atoms with E-state index in [1.165, 1.54) is 49.4 Å². The van der Waals surface area contributed by atoms with Gasteiger partial charge in [0.2, 0.25) is 0 Å². The summed E-state index contributed by atoms with van der Waals surface area (Å²) in [6.07, 6.45) is -0.808. The first-order chi connectivity index (χ1) is 11.4. The lowest BCUT2D eigenvalue weighted by Crippen LogP contribution is -2.12. The third-order valence-electron chi connectivity index (χ3n) is 3.16. The van der Waals surface area contributed by atoms with Crippen LogP contribution in [0.1, 0.15) is 28.9 Å². The number of esters is 1. The van der Waals surface area contributed by atoms with Crippen LogP contribution in [0.3, 0.4) is 0 Å². The van der Waals surface area contributed by atoms with Gasteiger partial charge in [-0.15, -0.1) is 0 Å². The second-order valence-corrected chi connectivity index (χ2v) is 4.77. The van der Waals surface area contributed by atoms with Gasteiger partial charge < -0.3 is 9.47 Å². The average Bonchev–Trinajstić information content (AvgIpc) is 2.54. The standard InChI is InChI=1S/C16H13F2NO5/c1-10(11-5-4-6-12(9-11)19(21)22)23-15(20)13-7-2-3-8-14(13)24-16(17)18/h2-10,16H,1H3/t10-/m1/s1. The molecule has 0 aliphatic rings. The fourth-order valence-electron chi connectivity index (χ4n) is 2.02. The lowest BCUT2D eigenvalue weighted by molar-refractivity contribution is -0.385. The van der Waals surface area contributed by atoms with Crippen molar-refractivity contribution < 1.29 is 28.0 Å². The number of benzene rings is 2. The van der Waals surface area contributed by atoms with Crippen molar-refractivity contribution in [3.05, 3.63) is 69.8 Å². The molecule has 1 atom stereocenters. The van der Waals surface area contributed by atoms with Crippen LogP contribution in [-0.4, -0.2) is 17.5 Å². The Kier molecular flexibility index (Phi) is 5.41. The Balaban J connectivity index is 2.18. The molecule has 6 nitrogen and oxygen atoms in total. The highest BCUT2D eigenvalue weighted by atomic mass is 19.3. The number of hydrogen-bond donors (Lipinski definition) is 0. The van der Waals surface area contributed by atoms with E-state index in [-0.39, 0.29) is 17.0 Å². The average molecular weight is 337 g/mol. The highest BCUT2D eigenvalue weighted by molar-refractivity contribution is 5.92. The molecule has 0 fully saturated rings. The van der Waals surface area contributed by atoms with Gasteiger partial charge in [0.25, 0.3) is 5.69 Å². The van der Waals surface area contributed by atoms with Crippen LogP contribution in [-0.2, 0) is 4.74 Å². The van der Waals surface area contributed by atoms with Gasteiger partial charge in [0.1, 0.15) is 17.4 Å². The molecule has 2 aromatic carbocycles. The van der Waals surface area contributed by atoms with Gasteiger partial charge in [-0.3, -0.25) is 10.1 Å². The zero-order valence-corrected chi connectivity index (χ0v) is 12.5. The van der Waals surface area contributed by atoms with Gasteiger partial charge in [-0.05, 0) is 24.6 Å². The van der Waals surface area contributed by atoms with Gasteiger partial charge in [-0.1, -0.05) is 24.3 Å². The molecule has 0 aliphatic heterocycles. The molecule has 126 valence electrons. The van der Waals surface area contributed by atoms with Crippen LogP contribution in [0, 0.1) is 10.1 Å². The fourth-order valence-corrected chi connectivity index (χ4v) is 2.02. The predicted octanol–water partition coefficient (Wildman–Crippen LogP) is 4.11.